The minimum absolute atomic E-state index is 0.406. The molecule has 2 heterocycles. The maximum absolute atomic E-state index is 5.81. The van der Waals surface area contributed by atoms with E-state index in [2.05, 4.69) is 43.0 Å². The van der Waals surface area contributed by atoms with Gasteiger partial charge in [0.1, 0.15) is 0 Å². The van der Waals surface area contributed by atoms with Crippen LogP contribution < -0.4 is 10.6 Å². The van der Waals surface area contributed by atoms with Crippen molar-refractivity contribution in [3.8, 4) is 0 Å². The van der Waals surface area contributed by atoms with Crippen molar-refractivity contribution in [2.24, 2.45) is 5.10 Å². The molecule has 1 aromatic heterocycles. The van der Waals surface area contributed by atoms with Crippen LogP contribution in [0.1, 0.15) is 24.1 Å². The molecule has 3 rings (SSSR count). The van der Waals surface area contributed by atoms with Crippen LogP contribution in [0.3, 0.4) is 0 Å². The number of imidazole rings is 1. The second kappa shape index (κ2) is 5.89. The number of nitrogens with zero attached hydrogens (tertiary/aromatic N) is 4. The van der Waals surface area contributed by atoms with Crippen molar-refractivity contribution in [2.75, 3.05) is 23.7 Å². The third-order valence-corrected chi connectivity index (χ3v) is 4.09. The molecule has 1 aromatic carbocycles. The van der Waals surface area contributed by atoms with Crippen LogP contribution in [0.2, 0.25) is 0 Å². The lowest BCUT2D eigenvalue weighted by Gasteiger charge is -2.20. The van der Waals surface area contributed by atoms with E-state index in [1.54, 1.807) is 4.68 Å². The van der Waals surface area contributed by atoms with Crippen LogP contribution in [-0.4, -0.2) is 29.0 Å². The Bertz CT molecular complexity index is 671. The smallest absolute Gasteiger partial charge is 0.221 e. The van der Waals surface area contributed by atoms with Gasteiger partial charge in [-0.3, -0.25) is 0 Å². The molecule has 5 nitrogen and oxygen atoms in total. The minimum atomic E-state index is 0.406. The summed E-state index contributed by atoms with van der Waals surface area (Å²) in [4.78, 5) is 6.54. The molecule has 0 unspecified atom stereocenters. The van der Waals surface area contributed by atoms with Crippen molar-refractivity contribution in [2.45, 2.75) is 19.8 Å². The number of benzene rings is 1. The quantitative estimate of drug-likeness (QED) is 0.868. The summed E-state index contributed by atoms with van der Waals surface area (Å²) >= 11 is 3.55. The van der Waals surface area contributed by atoms with E-state index in [0.717, 1.165) is 28.8 Å². The van der Waals surface area contributed by atoms with Gasteiger partial charge in [0.2, 0.25) is 5.95 Å². The van der Waals surface area contributed by atoms with Crippen LogP contribution in [0.25, 0.3) is 0 Å². The Morgan fingerprint density at radius 2 is 2.10 bits per heavy atom. The molecule has 0 aliphatic carbocycles. The van der Waals surface area contributed by atoms with Crippen LogP contribution in [0.5, 0.6) is 0 Å². The lowest BCUT2D eigenvalue weighted by molar-refractivity contribution is 0.896. The van der Waals surface area contributed by atoms with Crippen LogP contribution in [0, 0.1) is 6.92 Å². The van der Waals surface area contributed by atoms with E-state index in [1.165, 1.54) is 18.5 Å². The van der Waals surface area contributed by atoms with E-state index in [1.807, 2.05) is 25.4 Å². The van der Waals surface area contributed by atoms with Gasteiger partial charge in [0, 0.05) is 28.8 Å². The first-order valence-corrected chi connectivity index (χ1v) is 7.83. The summed E-state index contributed by atoms with van der Waals surface area (Å²) < 4.78 is 2.69. The molecule has 0 saturated carbocycles. The average molecular weight is 348 g/mol. The lowest BCUT2D eigenvalue weighted by atomic mass is 10.2. The summed E-state index contributed by atoms with van der Waals surface area (Å²) in [6.07, 6.45) is 6.16. The highest BCUT2D eigenvalue weighted by Crippen LogP contribution is 2.27. The summed E-state index contributed by atoms with van der Waals surface area (Å²) in [5.41, 5.74) is 8.97. The monoisotopic (exact) mass is 347 g/mol. The van der Waals surface area contributed by atoms with E-state index in [9.17, 15) is 0 Å². The standard InChI is InChI=1S/C15H18BrN5/c1-11-10-21(15(17)19-11)18-9-12-4-5-13(16)8-14(12)20-6-2-3-7-20/h4-5,8-10H,2-3,6-7H2,1H3,(H2,17,19). The summed E-state index contributed by atoms with van der Waals surface area (Å²) in [7, 11) is 0. The van der Waals surface area contributed by atoms with Crippen LogP contribution in [-0.2, 0) is 0 Å². The molecule has 0 amide bonds. The van der Waals surface area contributed by atoms with Crippen molar-refractivity contribution >= 4 is 33.8 Å². The Morgan fingerprint density at radius 3 is 2.76 bits per heavy atom. The Hall–Kier alpha value is -1.82. The van der Waals surface area contributed by atoms with Gasteiger partial charge in [0.15, 0.2) is 0 Å². The fourth-order valence-electron chi connectivity index (χ4n) is 2.58. The van der Waals surface area contributed by atoms with Gasteiger partial charge in [-0.25, -0.2) is 9.66 Å². The number of aromatic nitrogens is 2. The summed E-state index contributed by atoms with van der Waals surface area (Å²) in [6.45, 7) is 4.10. The number of aryl methyl sites for hydroxylation is 1. The summed E-state index contributed by atoms with van der Waals surface area (Å²) in [5, 5.41) is 4.42. The molecule has 6 heteroatoms. The second-order valence-corrected chi connectivity index (χ2v) is 6.14. The van der Waals surface area contributed by atoms with Gasteiger partial charge in [-0.05, 0) is 31.9 Å². The fourth-order valence-corrected chi connectivity index (χ4v) is 2.93. The highest BCUT2D eigenvalue weighted by atomic mass is 79.9. The average Bonchev–Trinajstić information content (AvgIpc) is 3.07. The Kier molecular flexibility index (Phi) is 3.96. The molecule has 2 N–H and O–H groups in total. The first kappa shape index (κ1) is 14.1. The molecule has 2 aromatic rings. The summed E-state index contributed by atoms with van der Waals surface area (Å²) in [6, 6.07) is 6.25. The fraction of sp³-hybridized carbons (Fsp3) is 0.333. The largest absolute Gasteiger partial charge is 0.371 e. The van der Waals surface area contributed by atoms with Gasteiger partial charge in [-0.1, -0.05) is 22.0 Å². The SMILES string of the molecule is Cc1cn(N=Cc2ccc(Br)cc2N2CCCC2)c(N)n1. The molecule has 0 bridgehead atoms. The molecule has 0 radical (unpaired) electrons. The van der Waals surface area contributed by atoms with Gasteiger partial charge in [-0.2, -0.15) is 5.10 Å². The molecule has 1 fully saturated rings. The Balaban J connectivity index is 1.92. The molecule has 110 valence electrons. The number of nitrogen functional groups attached to an aromatic ring is 1. The van der Waals surface area contributed by atoms with E-state index < -0.39 is 0 Å². The molecule has 1 aliphatic heterocycles. The van der Waals surface area contributed by atoms with Gasteiger partial charge >= 0.3 is 0 Å². The maximum atomic E-state index is 5.81. The third-order valence-electron chi connectivity index (χ3n) is 3.60. The first-order chi connectivity index (χ1) is 10.1. The topological polar surface area (TPSA) is 59.4 Å². The number of rotatable bonds is 3. The van der Waals surface area contributed by atoms with E-state index in [4.69, 9.17) is 5.73 Å². The van der Waals surface area contributed by atoms with Gasteiger partial charge in [0.25, 0.3) is 0 Å². The molecule has 0 spiro atoms. The molecular weight excluding hydrogens is 330 g/mol. The molecule has 1 saturated heterocycles. The third kappa shape index (κ3) is 3.10. The van der Waals surface area contributed by atoms with E-state index in [0.29, 0.717) is 5.95 Å². The van der Waals surface area contributed by atoms with Crippen molar-refractivity contribution in [3.63, 3.8) is 0 Å². The van der Waals surface area contributed by atoms with Crippen molar-refractivity contribution < 1.29 is 0 Å². The summed E-state index contributed by atoms with van der Waals surface area (Å²) in [5.74, 6) is 0.406. The zero-order chi connectivity index (χ0) is 14.8. The lowest BCUT2D eigenvalue weighted by Crippen LogP contribution is -2.19. The van der Waals surface area contributed by atoms with Crippen LogP contribution in [0.15, 0.2) is 34.0 Å². The van der Waals surface area contributed by atoms with E-state index >= 15 is 0 Å². The highest BCUT2D eigenvalue weighted by Gasteiger charge is 2.15. The number of hydrogen-bond donors (Lipinski definition) is 1. The van der Waals surface area contributed by atoms with Crippen molar-refractivity contribution in [3.05, 3.63) is 40.1 Å². The normalized spacial score (nSPS) is 15.2. The zero-order valence-electron chi connectivity index (χ0n) is 12.0. The Labute approximate surface area is 132 Å². The zero-order valence-corrected chi connectivity index (χ0v) is 13.5. The van der Waals surface area contributed by atoms with Crippen LogP contribution in [0.4, 0.5) is 11.6 Å². The number of nitrogens with two attached hydrogens (primary N) is 1. The number of hydrogen-bond acceptors (Lipinski definition) is 4. The van der Waals surface area contributed by atoms with Crippen LogP contribution >= 0.6 is 15.9 Å². The molecular formula is C15H18BrN5. The number of halogens is 1. The first-order valence-electron chi connectivity index (χ1n) is 7.04. The van der Waals surface area contributed by atoms with Crippen molar-refractivity contribution in [1.29, 1.82) is 0 Å². The predicted octanol–water partition coefficient (Wildman–Crippen LogP) is 3.02. The second-order valence-electron chi connectivity index (χ2n) is 5.23. The van der Waals surface area contributed by atoms with Crippen molar-refractivity contribution in [1.82, 2.24) is 9.66 Å². The maximum Gasteiger partial charge on any atom is 0.221 e. The van der Waals surface area contributed by atoms with Gasteiger partial charge in [-0.15, -0.1) is 0 Å². The molecule has 0 atom stereocenters. The number of anilines is 2. The highest BCUT2D eigenvalue weighted by molar-refractivity contribution is 9.10. The minimum Gasteiger partial charge on any atom is -0.371 e. The predicted molar refractivity (Wildman–Crippen MR) is 90.0 cm³/mol. The molecule has 21 heavy (non-hydrogen) atoms. The van der Waals surface area contributed by atoms with Gasteiger partial charge < -0.3 is 10.6 Å². The Morgan fingerprint density at radius 1 is 1.33 bits per heavy atom. The van der Waals surface area contributed by atoms with E-state index in [-0.39, 0.29) is 0 Å². The van der Waals surface area contributed by atoms with Gasteiger partial charge in [0.05, 0.1) is 18.1 Å². The molecule has 1 aliphatic rings.